The average molecular weight is 416 g/mol. The Labute approximate surface area is 176 Å². The van der Waals surface area contributed by atoms with Crippen LogP contribution in [0.1, 0.15) is 47.8 Å². The fraction of sp³-hybridized carbons (Fsp3) is 0.500. The maximum Gasteiger partial charge on any atom is 0.251 e. The van der Waals surface area contributed by atoms with Gasteiger partial charge in [-0.05, 0) is 32.4 Å². The van der Waals surface area contributed by atoms with Gasteiger partial charge in [-0.3, -0.25) is 9.59 Å². The number of amides is 2. The lowest BCUT2D eigenvalue weighted by Gasteiger charge is -2.28. The summed E-state index contributed by atoms with van der Waals surface area (Å²) in [4.78, 5) is 31.3. The lowest BCUT2D eigenvalue weighted by molar-refractivity contribution is -0.134. The van der Waals surface area contributed by atoms with Crippen LogP contribution < -0.4 is 5.32 Å². The summed E-state index contributed by atoms with van der Waals surface area (Å²) in [5.74, 6) is -0.582. The van der Waals surface area contributed by atoms with E-state index in [1.165, 1.54) is 13.2 Å². The van der Waals surface area contributed by atoms with Crippen molar-refractivity contribution in [1.82, 2.24) is 19.8 Å². The van der Waals surface area contributed by atoms with Crippen molar-refractivity contribution in [3.05, 3.63) is 53.4 Å². The Bertz CT molecular complexity index is 914. The van der Waals surface area contributed by atoms with Gasteiger partial charge in [0, 0.05) is 68.1 Å². The highest BCUT2D eigenvalue weighted by atomic mass is 19.1. The lowest BCUT2D eigenvalue weighted by atomic mass is 10.1. The molecule has 8 heteroatoms. The first-order valence-electron chi connectivity index (χ1n) is 10.2. The number of halogens is 1. The molecule has 0 bridgehead atoms. The molecule has 1 aliphatic rings. The van der Waals surface area contributed by atoms with Gasteiger partial charge in [0.15, 0.2) is 0 Å². The standard InChI is InChI=1S/C22H29FN4O3/c1-5-27(22(29)18-9-17(18)20-11-24-13-26(20)3)14(2)10-25-21(28)15-6-7-16(12-30-4)19(23)8-15/h6-8,11,13-14,17-18H,5,9-10,12H2,1-4H3,(H,25,28)/t14-,17-,18-/m1/s1. The van der Waals surface area contributed by atoms with Gasteiger partial charge in [0.05, 0.1) is 12.9 Å². The topological polar surface area (TPSA) is 76.5 Å². The molecule has 0 unspecified atom stereocenters. The summed E-state index contributed by atoms with van der Waals surface area (Å²) in [6, 6.07) is 4.16. The molecule has 0 saturated heterocycles. The van der Waals surface area contributed by atoms with E-state index in [1.54, 1.807) is 23.4 Å². The highest BCUT2D eigenvalue weighted by molar-refractivity contribution is 5.94. The number of ether oxygens (including phenoxy) is 1. The Morgan fingerprint density at radius 1 is 1.43 bits per heavy atom. The first kappa shape index (κ1) is 22.0. The van der Waals surface area contributed by atoms with Crippen molar-refractivity contribution in [3.63, 3.8) is 0 Å². The number of hydrogen-bond donors (Lipinski definition) is 1. The second kappa shape index (κ2) is 9.38. The number of benzene rings is 1. The summed E-state index contributed by atoms with van der Waals surface area (Å²) in [6.07, 6.45) is 4.38. The minimum absolute atomic E-state index is 0.0408. The van der Waals surface area contributed by atoms with Gasteiger partial charge in [-0.2, -0.15) is 0 Å². The van der Waals surface area contributed by atoms with Crippen LogP contribution >= 0.6 is 0 Å². The molecule has 1 heterocycles. The Kier molecular flexibility index (Phi) is 6.87. The van der Waals surface area contributed by atoms with Gasteiger partial charge >= 0.3 is 0 Å². The number of nitrogens with one attached hydrogen (secondary N) is 1. The smallest absolute Gasteiger partial charge is 0.251 e. The summed E-state index contributed by atoms with van der Waals surface area (Å²) in [7, 11) is 3.42. The summed E-state index contributed by atoms with van der Waals surface area (Å²) >= 11 is 0. The van der Waals surface area contributed by atoms with Crippen LogP contribution in [0, 0.1) is 11.7 Å². The summed E-state index contributed by atoms with van der Waals surface area (Å²) in [5.41, 5.74) is 1.72. The maximum atomic E-state index is 14.0. The van der Waals surface area contributed by atoms with E-state index in [0.29, 0.717) is 18.7 Å². The number of likely N-dealkylation sites (N-methyl/N-ethyl adjacent to an activating group) is 1. The molecule has 1 fully saturated rings. The second-order valence-electron chi connectivity index (χ2n) is 7.80. The first-order chi connectivity index (χ1) is 14.4. The fourth-order valence-electron chi connectivity index (χ4n) is 3.83. The third-order valence-electron chi connectivity index (χ3n) is 5.67. The zero-order chi connectivity index (χ0) is 21.8. The molecule has 1 saturated carbocycles. The maximum absolute atomic E-state index is 14.0. The van der Waals surface area contributed by atoms with Crippen molar-refractivity contribution in [2.75, 3.05) is 20.2 Å². The summed E-state index contributed by atoms with van der Waals surface area (Å²) < 4.78 is 20.9. The highest BCUT2D eigenvalue weighted by Gasteiger charge is 2.47. The molecule has 1 aromatic carbocycles. The van der Waals surface area contributed by atoms with Crippen LogP contribution in [0.2, 0.25) is 0 Å². The van der Waals surface area contributed by atoms with Crippen molar-refractivity contribution in [1.29, 1.82) is 0 Å². The van der Waals surface area contributed by atoms with Crippen molar-refractivity contribution < 1.29 is 18.7 Å². The van der Waals surface area contributed by atoms with E-state index < -0.39 is 5.82 Å². The largest absolute Gasteiger partial charge is 0.380 e. The molecule has 1 N–H and O–H groups in total. The molecule has 3 rings (SSSR count). The molecular weight excluding hydrogens is 387 g/mol. The minimum atomic E-state index is -0.474. The molecule has 0 radical (unpaired) electrons. The number of imidazole rings is 1. The van der Waals surface area contributed by atoms with Gasteiger partial charge in [-0.1, -0.05) is 6.07 Å². The van der Waals surface area contributed by atoms with Crippen LogP contribution in [0.15, 0.2) is 30.7 Å². The van der Waals surface area contributed by atoms with Gasteiger partial charge in [0.2, 0.25) is 5.91 Å². The normalized spacial score (nSPS) is 18.7. The van der Waals surface area contributed by atoms with Crippen LogP contribution in [0.4, 0.5) is 4.39 Å². The van der Waals surface area contributed by atoms with E-state index in [0.717, 1.165) is 12.1 Å². The van der Waals surface area contributed by atoms with E-state index in [4.69, 9.17) is 4.74 Å². The van der Waals surface area contributed by atoms with E-state index in [-0.39, 0.29) is 41.9 Å². The van der Waals surface area contributed by atoms with E-state index in [9.17, 15) is 14.0 Å². The van der Waals surface area contributed by atoms with Gasteiger partial charge in [0.1, 0.15) is 5.82 Å². The number of aryl methyl sites for hydroxylation is 1. The van der Waals surface area contributed by atoms with Gasteiger partial charge < -0.3 is 19.5 Å². The highest BCUT2D eigenvalue weighted by Crippen LogP contribution is 2.48. The molecule has 1 aromatic heterocycles. The molecule has 30 heavy (non-hydrogen) atoms. The zero-order valence-corrected chi connectivity index (χ0v) is 17.9. The first-order valence-corrected chi connectivity index (χ1v) is 10.2. The zero-order valence-electron chi connectivity index (χ0n) is 17.9. The lowest BCUT2D eigenvalue weighted by Crippen LogP contribution is -2.46. The van der Waals surface area contributed by atoms with Crippen LogP contribution in [0.5, 0.6) is 0 Å². The molecule has 162 valence electrons. The van der Waals surface area contributed by atoms with Crippen LogP contribution in [-0.2, 0) is 23.2 Å². The minimum Gasteiger partial charge on any atom is -0.380 e. The summed E-state index contributed by atoms with van der Waals surface area (Å²) in [5, 5.41) is 2.81. The van der Waals surface area contributed by atoms with Crippen molar-refractivity contribution in [2.24, 2.45) is 13.0 Å². The molecule has 1 aliphatic carbocycles. The number of rotatable bonds is 9. The quantitative estimate of drug-likeness (QED) is 0.681. The molecule has 7 nitrogen and oxygen atoms in total. The monoisotopic (exact) mass is 416 g/mol. The van der Waals surface area contributed by atoms with Crippen molar-refractivity contribution >= 4 is 11.8 Å². The number of nitrogens with zero attached hydrogens (tertiary/aromatic N) is 3. The van der Waals surface area contributed by atoms with Crippen LogP contribution in [0.25, 0.3) is 0 Å². The van der Waals surface area contributed by atoms with E-state index in [2.05, 4.69) is 10.3 Å². The van der Waals surface area contributed by atoms with Crippen LogP contribution in [0.3, 0.4) is 0 Å². The molecule has 3 atom stereocenters. The third-order valence-corrected chi connectivity index (χ3v) is 5.67. The average Bonchev–Trinajstić information content (AvgIpc) is 3.41. The summed E-state index contributed by atoms with van der Waals surface area (Å²) in [6.45, 7) is 4.85. The number of methoxy groups -OCH3 is 1. The molecule has 2 amide bonds. The van der Waals surface area contributed by atoms with Gasteiger partial charge in [-0.25, -0.2) is 9.37 Å². The Morgan fingerprint density at radius 3 is 2.80 bits per heavy atom. The van der Waals surface area contributed by atoms with Crippen LogP contribution in [-0.4, -0.2) is 52.5 Å². The number of carbonyl (C=O) groups is 2. The third kappa shape index (κ3) is 4.70. The van der Waals surface area contributed by atoms with Gasteiger partial charge in [-0.15, -0.1) is 0 Å². The Balaban J connectivity index is 1.56. The van der Waals surface area contributed by atoms with E-state index in [1.807, 2.05) is 31.7 Å². The molecule has 2 aromatic rings. The number of carbonyl (C=O) groups excluding carboxylic acids is 2. The molecular formula is C22H29FN4O3. The number of aromatic nitrogens is 2. The second-order valence-corrected chi connectivity index (χ2v) is 7.80. The molecule has 0 spiro atoms. The Morgan fingerprint density at radius 2 is 2.20 bits per heavy atom. The van der Waals surface area contributed by atoms with Crippen molar-refractivity contribution in [3.8, 4) is 0 Å². The fourth-order valence-corrected chi connectivity index (χ4v) is 3.83. The predicted molar refractivity (Wildman–Crippen MR) is 110 cm³/mol. The number of hydrogen-bond acceptors (Lipinski definition) is 4. The van der Waals surface area contributed by atoms with E-state index >= 15 is 0 Å². The van der Waals surface area contributed by atoms with Gasteiger partial charge in [0.25, 0.3) is 5.91 Å². The Hall–Kier alpha value is -2.74. The van der Waals surface area contributed by atoms with Crippen molar-refractivity contribution in [2.45, 2.75) is 38.8 Å². The SMILES string of the molecule is CCN(C(=O)[C@@H]1C[C@H]1c1cncn1C)[C@H](C)CNC(=O)c1ccc(COC)c(F)c1. The molecule has 0 aliphatic heterocycles. The predicted octanol–water partition coefficient (Wildman–Crippen LogP) is 2.48.